The lowest BCUT2D eigenvalue weighted by molar-refractivity contribution is -0.125. The second-order valence-electron chi connectivity index (χ2n) is 5.91. The SMILES string of the molecule is CN(CCCNC(=O)[C@@H]1CCCNC1)Cc1ccccc1. The van der Waals surface area contributed by atoms with E-state index < -0.39 is 0 Å². The number of amides is 1. The molecule has 0 bridgehead atoms. The smallest absolute Gasteiger partial charge is 0.224 e. The van der Waals surface area contributed by atoms with E-state index in [-0.39, 0.29) is 11.8 Å². The topological polar surface area (TPSA) is 44.4 Å². The van der Waals surface area contributed by atoms with E-state index in [9.17, 15) is 4.79 Å². The van der Waals surface area contributed by atoms with Crippen LogP contribution in [-0.4, -0.2) is 44.0 Å². The van der Waals surface area contributed by atoms with E-state index in [1.807, 2.05) is 6.07 Å². The molecule has 1 saturated heterocycles. The normalized spacial score (nSPS) is 18.7. The van der Waals surface area contributed by atoms with Gasteiger partial charge in [0.2, 0.25) is 5.91 Å². The number of piperidine rings is 1. The van der Waals surface area contributed by atoms with Gasteiger partial charge in [0.25, 0.3) is 0 Å². The Balaban J connectivity index is 1.57. The monoisotopic (exact) mass is 289 g/mol. The van der Waals surface area contributed by atoms with Crippen LogP contribution in [0.15, 0.2) is 30.3 Å². The highest BCUT2D eigenvalue weighted by atomic mass is 16.1. The first-order valence-corrected chi connectivity index (χ1v) is 7.96. The van der Waals surface area contributed by atoms with Crippen molar-refractivity contribution in [1.29, 1.82) is 0 Å². The van der Waals surface area contributed by atoms with Gasteiger partial charge in [-0.15, -0.1) is 0 Å². The maximum Gasteiger partial charge on any atom is 0.224 e. The molecule has 116 valence electrons. The van der Waals surface area contributed by atoms with Crippen LogP contribution in [0, 0.1) is 5.92 Å². The maximum atomic E-state index is 12.0. The number of carbonyl (C=O) groups is 1. The molecule has 0 spiro atoms. The quantitative estimate of drug-likeness (QED) is 0.750. The van der Waals surface area contributed by atoms with Crippen molar-refractivity contribution in [2.45, 2.75) is 25.8 Å². The number of hydrogen-bond acceptors (Lipinski definition) is 3. The third-order valence-corrected chi connectivity index (χ3v) is 3.98. The second-order valence-corrected chi connectivity index (χ2v) is 5.91. The molecule has 4 heteroatoms. The summed E-state index contributed by atoms with van der Waals surface area (Å²) in [6.45, 7) is 4.61. The number of benzene rings is 1. The van der Waals surface area contributed by atoms with Crippen LogP contribution in [0.3, 0.4) is 0 Å². The Kier molecular flexibility index (Phi) is 6.70. The van der Waals surface area contributed by atoms with Crippen LogP contribution in [0.2, 0.25) is 0 Å². The highest BCUT2D eigenvalue weighted by Gasteiger charge is 2.19. The summed E-state index contributed by atoms with van der Waals surface area (Å²) < 4.78 is 0. The van der Waals surface area contributed by atoms with Crippen molar-refractivity contribution in [1.82, 2.24) is 15.5 Å². The molecule has 1 heterocycles. The first-order valence-electron chi connectivity index (χ1n) is 7.96. The number of rotatable bonds is 7. The summed E-state index contributed by atoms with van der Waals surface area (Å²) >= 11 is 0. The molecule has 1 amide bonds. The minimum absolute atomic E-state index is 0.167. The zero-order chi connectivity index (χ0) is 14.9. The van der Waals surface area contributed by atoms with E-state index in [0.717, 1.165) is 52.0 Å². The number of hydrogen-bond donors (Lipinski definition) is 2. The van der Waals surface area contributed by atoms with Gasteiger partial charge in [0, 0.05) is 19.6 Å². The highest BCUT2D eigenvalue weighted by molar-refractivity contribution is 5.78. The van der Waals surface area contributed by atoms with E-state index in [4.69, 9.17) is 0 Å². The summed E-state index contributed by atoms with van der Waals surface area (Å²) in [7, 11) is 2.12. The predicted octanol–water partition coefficient (Wildman–Crippen LogP) is 1.62. The molecule has 0 radical (unpaired) electrons. The average Bonchev–Trinajstić information content (AvgIpc) is 2.53. The molecule has 2 N–H and O–H groups in total. The molecular weight excluding hydrogens is 262 g/mol. The van der Waals surface area contributed by atoms with Gasteiger partial charge in [-0.05, 0) is 45.0 Å². The van der Waals surface area contributed by atoms with Crippen LogP contribution in [0.5, 0.6) is 0 Å². The van der Waals surface area contributed by atoms with Crippen molar-refractivity contribution in [3.8, 4) is 0 Å². The minimum Gasteiger partial charge on any atom is -0.356 e. The van der Waals surface area contributed by atoms with Crippen molar-refractivity contribution < 1.29 is 4.79 Å². The van der Waals surface area contributed by atoms with Crippen LogP contribution >= 0.6 is 0 Å². The van der Waals surface area contributed by atoms with E-state index in [1.54, 1.807) is 0 Å². The molecule has 1 aliphatic heterocycles. The summed E-state index contributed by atoms with van der Waals surface area (Å²) in [6, 6.07) is 10.5. The number of nitrogens with zero attached hydrogens (tertiary/aromatic N) is 1. The van der Waals surface area contributed by atoms with Crippen LogP contribution in [0.25, 0.3) is 0 Å². The molecule has 2 rings (SSSR count). The largest absolute Gasteiger partial charge is 0.356 e. The summed E-state index contributed by atoms with van der Waals surface area (Å²) in [6.07, 6.45) is 3.12. The lowest BCUT2D eigenvalue weighted by Gasteiger charge is -2.22. The van der Waals surface area contributed by atoms with Gasteiger partial charge in [0.05, 0.1) is 5.92 Å². The third-order valence-electron chi connectivity index (χ3n) is 3.98. The Morgan fingerprint density at radius 1 is 1.38 bits per heavy atom. The van der Waals surface area contributed by atoms with Crippen molar-refractivity contribution in [3.05, 3.63) is 35.9 Å². The fourth-order valence-electron chi connectivity index (χ4n) is 2.75. The molecule has 1 aromatic carbocycles. The zero-order valence-corrected chi connectivity index (χ0v) is 13.0. The molecule has 1 aliphatic rings. The molecule has 0 aliphatic carbocycles. The third kappa shape index (κ3) is 5.86. The Morgan fingerprint density at radius 3 is 2.90 bits per heavy atom. The van der Waals surface area contributed by atoms with Crippen LogP contribution in [-0.2, 0) is 11.3 Å². The van der Waals surface area contributed by atoms with Crippen molar-refractivity contribution >= 4 is 5.91 Å². The van der Waals surface area contributed by atoms with Crippen molar-refractivity contribution in [3.63, 3.8) is 0 Å². The molecule has 4 nitrogen and oxygen atoms in total. The van der Waals surface area contributed by atoms with Gasteiger partial charge in [0.15, 0.2) is 0 Å². The standard InChI is InChI=1S/C17H27N3O/c1-20(14-15-7-3-2-4-8-15)12-6-11-19-17(21)16-9-5-10-18-13-16/h2-4,7-8,16,18H,5-6,9-14H2,1H3,(H,19,21)/t16-/m1/s1. The summed E-state index contributed by atoms with van der Waals surface area (Å²) in [5, 5.41) is 6.35. The fourth-order valence-corrected chi connectivity index (χ4v) is 2.75. The van der Waals surface area contributed by atoms with Gasteiger partial charge >= 0.3 is 0 Å². The molecule has 1 aromatic rings. The molecule has 1 fully saturated rings. The van der Waals surface area contributed by atoms with Crippen molar-refractivity contribution in [2.24, 2.45) is 5.92 Å². The second kappa shape index (κ2) is 8.80. The summed E-state index contributed by atoms with van der Waals surface area (Å²) in [5.41, 5.74) is 1.33. The van der Waals surface area contributed by atoms with Gasteiger partial charge in [-0.1, -0.05) is 30.3 Å². The van der Waals surface area contributed by atoms with Gasteiger partial charge in [0.1, 0.15) is 0 Å². The van der Waals surface area contributed by atoms with E-state index >= 15 is 0 Å². The average molecular weight is 289 g/mol. The Hall–Kier alpha value is -1.39. The lowest BCUT2D eigenvalue weighted by atomic mass is 9.99. The van der Waals surface area contributed by atoms with Gasteiger partial charge in [-0.3, -0.25) is 4.79 Å². The summed E-state index contributed by atoms with van der Waals surface area (Å²) in [4.78, 5) is 14.3. The fraction of sp³-hybridized carbons (Fsp3) is 0.588. The Bertz CT molecular complexity index is 415. The molecule has 0 unspecified atom stereocenters. The van der Waals surface area contributed by atoms with Gasteiger partial charge in [-0.2, -0.15) is 0 Å². The van der Waals surface area contributed by atoms with Crippen LogP contribution in [0.4, 0.5) is 0 Å². The maximum absolute atomic E-state index is 12.0. The van der Waals surface area contributed by atoms with Gasteiger partial charge in [-0.25, -0.2) is 0 Å². The van der Waals surface area contributed by atoms with E-state index in [1.165, 1.54) is 5.56 Å². The first kappa shape index (κ1) is 16.0. The molecule has 21 heavy (non-hydrogen) atoms. The Morgan fingerprint density at radius 2 is 2.19 bits per heavy atom. The van der Waals surface area contributed by atoms with E-state index in [0.29, 0.717) is 0 Å². The van der Waals surface area contributed by atoms with E-state index in [2.05, 4.69) is 46.8 Å². The summed E-state index contributed by atoms with van der Waals surface area (Å²) in [5.74, 6) is 0.383. The first-order chi connectivity index (χ1) is 10.3. The number of carbonyl (C=O) groups excluding carboxylic acids is 1. The van der Waals surface area contributed by atoms with Crippen molar-refractivity contribution in [2.75, 3.05) is 33.2 Å². The predicted molar refractivity (Wildman–Crippen MR) is 86.0 cm³/mol. The Labute approximate surface area is 127 Å². The molecule has 0 aromatic heterocycles. The highest BCUT2D eigenvalue weighted by Crippen LogP contribution is 2.09. The molecule has 1 atom stereocenters. The molecule has 0 saturated carbocycles. The van der Waals surface area contributed by atoms with Crippen LogP contribution in [0.1, 0.15) is 24.8 Å². The zero-order valence-electron chi connectivity index (χ0n) is 13.0. The lowest BCUT2D eigenvalue weighted by Crippen LogP contribution is -2.41. The van der Waals surface area contributed by atoms with Gasteiger partial charge < -0.3 is 15.5 Å². The minimum atomic E-state index is 0.167. The molecular formula is C17H27N3O. The van der Waals surface area contributed by atoms with Crippen LogP contribution < -0.4 is 10.6 Å². The number of nitrogens with one attached hydrogen (secondary N) is 2.